The van der Waals surface area contributed by atoms with Gasteiger partial charge >= 0.3 is 0 Å². The number of carbonyl (C=O) groups is 1. The molecule has 0 aromatic carbocycles. The molecule has 1 atom stereocenters. The minimum atomic E-state index is -0.104. The van der Waals surface area contributed by atoms with Gasteiger partial charge in [0.25, 0.3) is 0 Å². The second kappa shape index (κ2) is 9.24. The number of aliphatic hydroxyl groups excluding tert-OH is 1. The zero-order chi connectivity index (χ0) is 10.8. The first-order valence-corrected chi connectivity index (χ1v) is 5.23. The maximum atomic E-state index is 11.3. The Morgan fingerprint density at radius 3 is 2.86 bits per heavy atom. The lowest BCUT2D eigenvalue weighted by Crippen LogP contribution is -2.38. The summed E-state index contributed by atoms with van der Waals surface area (Å²) in [6.45, 7) is 0.469. The molecule has 0 aliphatic heterocycles. The van der Waals surface area contributed by atoms with Crippen molar-refractivity contribution < 1.29 is 14.6 Å². The molecule has 0 fully saturated rings. The number of alkyl halides is 1. The Hall–Kier alpha value is -0.320. The van der Waals surface area contributed by atoms with Crippen LogP contribution in [0.4, 0.5) is 0 Å². The Bertz CT molecular complexity index is 149. The van der Waals surface area contributed by atoms with Crippen molar-refractivity contribution in [2.75, 3.05) is 26.2 Å². The third kappa shape index (κ3) is 7.12. The molecule has 0 aliphatic carbocycles. The number of hydrogen-bond donors (Lipinski definition) is 2. The molecule has 0 heterocycles. The summed E-state index contributed by atoms with van der Waals surface area (Å²) < 4.78 is 4.91. The molecule has 0 spiro atoms. The van der Waals surface area contributed by atoms with Crippen molar-refractivity contribution in [3.63, 3.8) is 0 Å². The van der Waals surface area contributed by atoms with Crippen LogP contribution in [0.15, 0.2) is 0 Å². The minimum absolute atomic E-state index is 0.0406. The Balaban J connectivity index is 3.71. The summed E-state index contributed by atoms with van der Waals surface area (Å²) in [5.41, 5.74) is 0. The van der Waals surface area contributed by atoms with Crippen LogP contribution in [-0.4, -0.2) is 43.3 Å². The van der Waals surface area contributed by atoms with Crippen molar-refractivity contribution in [2.45, 2.75) is 25.3 Å². The average Bonchev–Trinajstić information content (AvgIpc) is 2.15. The van der Waals surface area contributed by atoms with Gasteiger partial charge in [-0.2, -0.15) is 0 Å². The first-order chi connectivity index (χ1) is 6.74. The molecule has 0 bridgehead atoms. The summed E-state index contributed by atoms with van der Waals surface area (Å²) in [5.74, 6) is 0.448. The van der Waals surface area contributed by atoms with Crippen LogP contribution < -0.4 is 5.32 Å². The Labute approximate surface area is 89.6 Å². The van der Waals surface area contributed by atoms with E-state index in [1.807, 2.05) is 0 Å². The van der Waals surface area contributed by atoms with Gasteiger partial charge in [-0.1, -0.05) is 0 Å². The number of carbonyl (C=O) groups excluding carboxylic acids is 1. The van der Waals surface area contributed by atoms with Crippen molar-refractivity contribution in [3.8, 4) is 0 Å². The maximum absolute atomic E-state index is 11.3. The summed E-state index contributed by atoms with van der Waals surface area (Å²) in [6.07, 6.45) is 1.61. The van der Waals surface area contributed by atoms with Gasteiger partial charge in [-0.15, -0.1) is 11.6 Å². The largest absolute Gasteiger partial charge is 0.396 e. The van der Waals surface area contributed by atoms with Gasteiger partial charge in [0.05, 0.1) is 12.6 Å². The highest BCUT2D eigenvalue weighted by Crippen LogP contribution is 1.96. The van der Waals surface area contributed by atoms with Crippen molar-refractivity contribution in [3.05, 3.63) is 0 Å². The molecule has 0 rings (SSSR count). The van der Waals surface area contributed by atoms with Crippen molar-refractivity contribution in [2.24, 2.45) is 0 Å². The number of methoxy groups -OCH3 is 1. The van der Waals surface area contributed by atoms with Gasteiger partial charge in [0.1, 0.15) is 0 Å². The SMILES string of the molecule is COCC(CCO)NC(=O)CCCCl. The fraction of sp³-hybridized carbons (Fsp3) is 0.889. The molecule has 0 aromatic heterocycles. The minimum Gasteiger partial charge on any atom is -0.396 e. The van der Waals surface area contributed by atoms with Gasteiger partial charge in [-0.3, -0.25) is 4.79 Å². The molecule has 0 aliphatic rings. The third-order valence-electron chi connectivity index (χ3n) is 1.75. The predicted octanol–water partition coefficient (Wildman–Crippen LogP) is 0.519. The van der Waals surface area contributed by atoms with Crippen molar-refractivity contribution >= 4 is 17.5 Å². The standard InChI is InChI=1S/C9H18ClNO3/c1-14-7-8(4-6-12)11-9(13)3-2-5-10/h8,12H,2-7H2,1H3,(H,11,13). The molecule has 4 nitrogen and oxygen atoms in total. The molecule has 2 N–H and O–H groups in total. The van der Waals surface area contributed by atoms with Crippen LogP contribution >= 0.6 is 11.6 Å². The maximum Gasteiger partial charge on any atom is 0.220 e. The zero-order valence-corrected chi connectivity index (χ0v) is 9.22. The quantitative estimate of drug-likeness (QED) is 0.590. The lowest BCUT2D eigenvalue weighted by molar-refractivity contribution is -0.122. The number of hydrogen-bond acceptors (Lipinski definition) is 3. The second-order valence-corrected chi connectivity index (χ2v) is 3.40. The third-order valence-corrected chi connectivity index (χ3v) is 2.02. The smallest absolute Gasteiger partial charge is 0.220 e. The molecule has 5 heteroatoms. The first-order valence-electron chi connectivity index (χ1n) is 4.69. The molecule has 0 saturated heterocycles. The molecule has 14 heavy (non-hydrogen) atoms. The summed E-state index contributed by atoms with van der Waals surface area (Å²) >= 11 is 5.46. The van der Waals surface area contributed by atoms with Crippen molar-refractivity contribution in [1.29, 1.82) is 0 Å². The fourth-order valence-electron chi connectivity index (χ4n) is 1.08. The molecule has 0 aromatic rings. The van der Waals surface area contributed by atoms with E-state index in [4.69, 9.17) is 21.4 Å². The van der Waals surface area contributed by atoms with E-state index in [1.54, 1.807) is 7.11 Å². The van der Waals surface area contributed by atoms with Gasteiger partial charge in [0.2, 0.25) is 5.91 Å². The van der Waals surface area contributed by atoms with E-state index >= 15 is 0 Å². The van der Waals surface area contributed by atoms with E-state index < -0.39 is 0 Å². The summed E-state index contributed by atoms with van der Waals surface area (Å²) in [5, 5.41) is 11.5. The summed E-state index contributed by atoms with van der Waals surface area (Å²) in [7, 11) is 1.56. The van der Waals surface area contributed by atoms with E-state index in [0.29, 0.717) is 31.7 Å². The summed E-state index contributed by atoms with van der Waals surface area (Å²) in [6, 6.07) is -0.104. The number of ether oxygens (including phenoxy) is 1. The number of halogens is 1. The summed E-state index contributed by atoms with van der Waals surface area (Å²) in [4.78, 5) is 11.3. The lowest BCUT2D eigenvalue weighted by atomic mass is 10.2. The van der Waals surface area contributed by atoms with Crippen LogP contribution in [0.25, 0.3) is 0 Å². The second-order valence-electron chi connectivity index (χ2n) is 3.02. The van der Waals surface area contributed by atoms with Crippen LogP contribution in [0, 0.1) is 0 Å². The Kier molecular flexibility index (Phi) is 9.03. The predicted molar refractivity (Wildman–Crippen MR) is 55.5 cm³/mol. The highest BCUT2D eigenvalue weighted by atomic mass is 35.5. The van der Waals surface area contributed by atoms with E-state index in [-0.39, 0.29) is 18.6 Å². The van der Waals surface area contributed by atoms with Gasteiger partial charge in [0, 0.05) is 26.0 Å². The lowest BCUT2D eigenvalue weighted by Gasteiger charge is -2.16. The molecular formula is C9H18ClNO3. The zero-order valence-electron chi connectivity index (χ0n) is 8.46. The Morgan fingerprint density at radius 2 is 2.36 bits per heavy atom. The monoisotopic (exact) mass is 223 g/mol. The van der Waals surface area contributed by atoms with E-state index in [1.165, 1.54) is 0 Å². The highest BCUT2D eigenvalue weighted by Gasteiger charge is 2.10. The molecule has 1 amide bonds. The van der Waals surface area contributed by atoms with Crippen LogP contribution in [0.3, 0.4) is 0 Å². The highest BCUT2D eigenvalue weighted by molar-refractivity contribution is 6.17. The number of aliphatic hydroxyl groups is 1. The van der Waals surface area contributed by atoms with Crippen LogP contribution in [0.5, 0.6) is 0 Å². The number of amides is 1. The van der Waals surface area contributed by atoms with Gasteiger partial charge in [-0.05, 0) is 12.8 Å². The van der Waals surface area contributed by atoms with Gasteiger partial charge in [0.15, 0.2) is 0 Å². The number of rotatable bonds is 8. The van der Waals surface area contributed by atoms with Gasteiger partial charge < -0.3 is 15.2 Å². The molecule has 1 unspecified atom stereocenters. The van der Waals surface area contributed by atoms with Crippen LogP contribution in [0.2, 0.25) is 0 Å². The van der Waals surface area contributed by atoms with Crippen LogP contribution in [-0.2, 0) is 9.53 Å². The van der Waals surface area contributed by atoms with Crippen molar-refractivity contribution in [1.82, 2.24) is 5.32 Å². The molecule has 84 valence electrons. The average molecular weight is 224 g/mol. The molecule has 0 radical (unpaired) electrons. The molecular weight excluding hydrogens is 206 g/mol. The first kappa shape index (κ1) is 13.7. The topological polar surface area (TPSA) is 58.6 Å². The van der Waals surface area contributed by atoms with Gasteiger partial charge in [-0.25, -0.2) is 0 Å². The van der Waals surface area contributed by atoms with E-state index in [0.717, 1.165) is 0 Å². The van der Waals surface area contributed by atoms with E-state index in [9.17, 15) is 4.79 Å². The Morgan fingerprint density at radius 1 is 1.64 bits per heavy atom. The normalized spacial score (nSPS) is 12.5. The number of nitrogens with one attached hydrogen (secondary N) is 1. The molecule has 0 saturated carbocycles. The fourth-order valence-corrected chi connectivity index (χ4v) is 1.22. The van der Waals surface area contributed by atoms with Crippen LogP contribution in [0.1, 0.15) is 19.3 Å². The van der Waals surface area contributed by atoms with E-state index in [2.05, 4.69) is 5.32 Å².